The van der Waals surface area contributed by atoms with Crippen LogP contribution < -0.4 is 11.5 Å². The van der Waals surface area contributed by atoms with Gasteiger partial charge in [0, 0.05) is 42.9 Å². The van der Waals surface area contributed by atoms with Gasteiger partial charge in [-0.2, -0.15) is 0 Å². The van der Waals surface area contributed by atoms with Crippen LogP contribution in [0.2, 0.25) is 0 Å². The Morgan fingerprint density at radius 3 is 2.47 bits per heavy atom. The first kappa shape index (κ1) is 15.7. The first-order chi connectivity index (χ1) is 7.99. The van der Waals surface area contributed by atoms with Crippen molar-refractivity contribution in [2.24, 2.45) is 21.5 Å². The second-order valence-corrected chi connectivity index (χ2v) is 3.68. The first-order valence-electron chi connectivity index (χ1n) is 5.18. The van der Waals surface area contributed by atoms with E-state index in [1.54, 1.807) is 14.0 Å². The zero-order valence-electron chi connectivity index (χ0n) is 10.3. The molecule has 0 aromatic carbocycles. The minimum atomic E-state index is -1.03. The van der Waals surface area contributed by atoms with E-state index in [9.17, 15) is 5.11 Å². The van der Waals surface area contributed by atoms with Crippen LogP contribution in [0.15, 0.2) is 33.0 Å². The molecule has 0 aliphatic carbocycles. The van der Waals surface area contributed by atoms with E-state index in [-0.39, 0.29) is 5.17 Å². The Balaban J connectivity index is 5.39. The van der Waals surface area contributed by atoms with Gasteiger partial charge in [0.2, 0.25) is 0 Å². The van der Waals surface area contributed by atoms with Gasteiger partial charge in [-0.15, -0.1) is 0 Å². The fourth-order valence-electron chi connectivity index (χ4n) is 1.24. The van der Waals surface area contributed by atoms with Crippen molar-refractivity contribution in [2.45, 2.75) is 20.0 Å². The van der Waals surface area contributed by atoms with Gasteiger partial charge in [0.05, 0.1) is 0 Å². The van der Waals surface area contributed by atoms with E-state index >= 15 is 0 Å². The average molecular weight is 259 g/mol. The first-order valence-corrected chi connectivity index (χ1v) is 5.55. The van der Waals surface area contributed by atoms with Gasteiger partial charge in [-0.1, -0.05) is 11.6 Å². The third-order valence-corrected chi connectivity index (χ3v) is 2.33. The van der Waals surface area contributed by atoms with Crippen LogP contribution in [-0.2, 0) is 0 Å². The molecule has 1 atom stereocenters. The number of nitrogens with zero attached hydrogens (tertiary/aromatic N) is 2. The Morgan fingerprint density at radius 1 is 1.53 bits per heavy atom. The van der Waals surface area contributed by atoms with Crippen LogP contribution >= 0.6 is 11.6 Å². The largest absolute Gasteiger partial charge is 0.404 e. The number of aliphatic hydroxyl groups is 1. The number of aliphatic imine (C=N–C) groups is 2. The molecule has 0 radical (unpaired) electrons. The molecular formula is C11H19ClN4O. The van der Waals surface area contributed by atoms with Gasteiger partial charge in [0.25, 0.3) is 0 Å². The summed E-state index contributed by atoms with van der Waals surface area (Å²) in [6.45, 7) is 3.99. The van der Waals surface area contributed by atoms with Gasteiger partial charge < -0.3 is 16.6 Å². The molecule has 0 spiro atoms. The second-order valence-electron chi connectivity index (χ2n) is 3.32. The maximum Gasteiger partial charge on any atom is 0.131 e. The summed E-state index contributed by atoms with van der Waals surface area (Å²) >= 11 is 5.98. The van der Waals surface area contributed by atoms with Crippen molar-refractivity contribution in [1.29, 1.82) is 0 Å². The summed E-state index contributed by atoms with van der Waals surface area (Å²) in [6, 6.07) is 0. The highest BCUT2D eigenvalue weighted by Gasteiger charge is 2.20. The summed E-state index contributed by atoms with van der Waals surface area (Å²) in [5.74, 6) is 0. The number of hydrogen-bond acceptors (Lipinski definition) is 5. The predicted octanol–water partition coefficient (Wildman–Crippen LogP) is 0.780. The van der Waals surface area contributed by atoms with E-state index in [2.05, 4.69) is 9.98 Å². The Hall–Kier alpha value is -1.33. The maximum absolute atomic E-state index is 10.1. The molecule has 0 heterocycles. The molecule has 0 bridgehead atoms. The fraction of sp³-hybridized carbons (Fsp3) is 0.455. The van der Waals surface area contributed by atoms with Gasteiger partial charge in [0.1, 0.15) is 11.3 Å². The minimum absolute atomic E-state index is 0.184. The molecule has 96 valence electrons. The van der Waals surface area contributed by atoms with E-state index in [0.717, 1.165) is 0 Å². The summed E-state index contributed by atoms with van der Waals surface area (Å²) < 4.78 is 0. The summed E-state index contributed by atoms with van der Waals surface area (Å²) in [6.07, 6.45) is 1.68. The van der Waals surface area contributed by atoms with Crippen LogP contribution in [0.1, 0.15) is 13.8 Å². The maximum atomic E-state index is 10.1. The average Bonchev–Trinajstić information content (AvgIpc) is 2.25. The number of halogens is 1. The molecule has 0 saturated heterocycles. The van der Waals surface area contributed by atoms with Gasteiger partial charge in [-0.3, -0.25) is 9.98 Å². The summed E-state index contributed by atoms with van der Waals surface area (Å²) in [4.78, 5) is 7.81. The lowest BCUT2D eigenvalue weighted by Gasteiger charge is -2.16. The molecule has 1 unspecified atom stereocenters. The molecule has 0 amide bonds. The van der Waals surface area contributed by atoms with Crippen molar-refractivity contribution in [1.82, 2.24) is 0 Å². The fourth-order valence-corrected chi connectivity index (χ4v) is 1.61. The van der Waals surface area contributed by atoms with Crippen LogP contribution in [0.4, 0.5) is 0 Å². The molecule has 0 aliphatic heterocycles. The predicted molar refractivity (Wildman–Crippen MR) is 73.4 cm³/mol. The monoisotopic (exact) mass is 258 g/mol. The molecule has 5 N–H and O–H groups in total. The Kier molecular flexibility index (Phi) is 7.25. The van der Waals surface area contributed by atoms with Gasteiger partial charge in [-0.05, 0) is 13.8 Å². The number of aliphatic hydroxyl groups excluding tert-OH is 1. The molecule has 0 rings (SSSR count). The third kappa shape index (κ3) is 4.58. The van der Waals surface area contributed by atoms with Crippen molar-refractivity contribution in [3.8, 4) is 0 Å². The standard InChI is InChI=1S/C11H19ClN4O/c1-4-16-11(12)9(7(2)14)10(17)8(5-13)6-15-3/h5-6,10,17H,4,13-14H2,1-3H3. The molecule has 0 aliphatic rings. The number of rotatable bonds is 5. The van der Waals surface area contributed by atoms with Gasteiger partial charge >= 0.3 is 0 Å². The lowest BCUT2D eigenvalue weighted by Crippen LogP contribution is -2.23. The molecule has 5 nitrogen and oxygen atoms in total. The van der Waals surface area contributed by atoms with Crippen molar-refractivity contribution in [2.75, 3.05) is 13.6 Å². The zero-order chi connectivity index (χ0) is 13.4. The van der Waals surface area contributed by atoms with Crippen molar-refractivity contribution < 1.29 is 5.11 Å². The van der Waals surface area contributed by atoms with Crippen molar-refractivity contribution in [3.05, 3.63) is 23.0 Å². The lowest BCUT2D eigenvalue weighted by atomic mass is 10.0. The smallest absolute Gasteiger partial charge is 0.131 e. The van der Waals surface area contributed by atoms with Gasteiger partial charge in [-0.25, -0.2) is 0 Å². The van der Waals surface area contributed by atoms with Crippen molar-refractivity contribution >= 4 is 23.0 Å². The van der Waals surface area contributed by atoms with E-state index in [4.69, 9.17) is 23.1 Å². The summed E-state index contributed by atoms with van der Waals surface area (Å²) in [7, 11) is 1.58. The summed E-state index contributed by atoms with van der Waals surface area (Å²) in [5.41, 5.74) is 12.3. The molecule has 0 aromatic rings. The highest BCUT2D eigenvalue weighted by atomic mass is 35.5. The van der Waals surface area contributed by atoms with Crippen LogP contribution in [0, 0.1) is 0 Å². The molecule has 0 saturated carbocycles. The SMILES string of the molecule is CCN=C(Cl)C(=C(C)N)C(O)C(C=NC)=CN. The Bertz CT molecular complexity index is 368. The molecular weight excluding hydrogens is 240 g/mol. The highest BCUT2D eigenvalue weighted by Crippen LogP contribution is 2.17. The normalized spacial score (nSPS) is 17.2. The van der Waals surface area contributed by atoms with E-state index in [1.165, 1.54) is 12.4 Å². The Morgan fingerprint density at radius 2 is 2.12 bits per heavy atom. The van der Waals surface area contributed by atoms with Crippen LogP contribution in [0.5, 0.6) is 0 Å². The van der Waals surface area contributed by atoms with E-state index in [1.807, 2.05) is 6.92 Å². The van der Waals surface area contributed by atoms with Crippen molar-refractivity contribution in [3.63, 3.8) is 0 Å². The van der Waals surface area contributed by atoms with Crippen LogP contribution in [0.3, 0.4) is 0 Å². The quantitative estimate of drug-likeness (QED) is 0.636. The summed E-state index contributed by atoms with van der Waals surface area (Å²) in [5, 5.41) is 10.3. The molecule has 0 fully saturated rings. The molecule has 6 heteroatoms. The lowest BCUT2D eigenvalue weighted by molar-refractivity contribution is 0.258. The van der Waals surface area contributed by atoms with E-state index < -0.39 is 6.10 Å². The zero-order valence-corrected chi connectivity index (χ0v) is 11.1. The molecule has 0 aromatic heterocycles. The Labute approximate surface area is 107 Å². The van der Waals surface area contributed by atoms with Crippen LogP contribution in [-0.4, -0.2) is 36.2 Å². The van der Waals surface area contributed by atoms with E-state index in [0.29, 0.717) is 23.4 Å². The topological polar surface area (TPSA) is 97.0 Å². The number of hydrogen-bond donors (Lipinski definition) is 3. The third-order valence-electron chi connectivity index (χ3n) is 2.00. The second kappa shape index (κ2) is 7.86. The molecule has 17 heavy (non-hydrogen) atoms. The van der Waals surface area contributed by atoms with Gasteiger partial charge in [0.15, 0.2) is 0 Å². The highest BCUT2D eigenvalue weighted by molar-refractivity contribution is 6.69. The van der Waals surface area contributed by atoms with Crippen LogP contribution in [0.25, 0.3) is 0 Å². The number of allylic oxidation sites excluding steroid dienone is 1. The number of nitrogens with two attached hydrogens (primary N) is 2. The minimum Gasteiger partial charge on any atom is -0.404 e.